The monoisotopic (exact) mass is 172 g/mol. The molecule has 2 heteroatoms. The first-order valence-electron chi connectivity index (χ1n) is 4.27. The molecule has 2 atom stereocenters. The van der Waals surface area contributed by atoms with Gasteiger partial charge in [0.2, 0.25) is 0 Å². The van der Waals surface area contributed by atoms with Crippen LogP contribution in [0.2, 0.25) is 0 Å². The second-order valence-electron chi connectivity index (χ2n) is 3.71. The average molecular weight is 172 g/mol. The molecule has 0 aromatic heterocycles. The maximum atomic E-state index is 12.8. The summed E-state index contributed by atoms with van der Waals surface area (Å²) in [6, 6.07) is 0. The molecular weight excluding hydrogens is 158 g/mol. The van der Waals surface area contributed by atoms with Gasteiger partial charge in [0.25, 0.3) is 0 Å². The van der Waals surface area contributed by atoms with Gasteiger partial charge in [0, 0.05) is 0 Å². The molecule has 0 saturated carbocycles. The number of hydrogen-bond donors (Lipinski definition) is 0. The first-order valence-corrected chi connectivity index (χ1v) is 4.27. The van der Waals surface area contributed by atoms with Crippen molar-refractivity contribution in [1.82, 2.24) is 0 Å². The molecule has 1 aliphatic carbocycles. The van der Waals surface area contributed by atoms with E-state index in [-0.39, 0.29) is 11.8 Å². The average Bonchev–Trinajstić information content (AvgIpc) is 1.96. The van der Waals surface area contributed by atoms with Crippen LogP contribution in [0.4, 0.5) is 8.78 Å². The standard InChI is InChI=1S/C10H14F2/c1-6(2)8-5-10(12)9(11)4-7(8)3/h4-8H,1-3H3. The molecule has 1 rings (SSSR count). The Morgan fingerprint density at radius 3 is 2.17 bits per heavy atom. The number of allylic oxidation sites excluding steroid dienone is 4. The maximum Gasteiger partial charge on any atom is 0.154 e. The van der Waals surface area contributed by atoms with Gasteiger partial charge in [-0.2, -0.15) is 0 Å². The maximum absolute atomic E-state index is 12.8. The summed E-state index contributed by atoms with van der Waals surface area (Å²) in [6.07, 6.45) is 2.75. The lowest BCUT2D eigenvalue weighted by atomic mass is 9.81. The SMILES string of the molecule is CC(C)C1C=C(F)C(F)=CC1C. The largest absolute Gasteiger partial charge is 0.204 e. The van der Waals surface area contributed by atoms with E-state index in [1.54, 1.807) is 0 Å². The second kappa shape index (κ2) is 3.38. The summed E-state index contributed by atoms with van der Waals surface area (Å²) < 4.78 is 25.5. The van der Waals surface area contributed by atoms with Crippen molar-refractivity contribution < 1.29 is 8.78 Å². The highest BCUT2D eigenvalue weighted by molar-refractivity contribution is 5.25. The van der Waals surface area contributed by atoms with Crippen molar-refractivity contribution in [2.75, 3.05) is 0 Å². The molecule has 68 valence electrons. The van der Waals surface area contributed by atoms with Crippen LogP contribution < -0.4 is 0 Å². The Morgan fingerprint density at radius 1 is 1.17 bits per heavy atom. The minimum atomic E-state index is -0.709. The van der Waals surface area contributed by atoms with Crippen molar-refractivity contribution in [2.45, 2.75) is 20.8 Å². The fourth-order valence-corrected chi connectivity index (χ4v) is 1.62. The molecule has 0 fully saturated rings. The van der Waals surface area contributed by atoms with Gasteiger partial charge in [-0.1, -0.05) is 20.8 Å². The van der Waals surface area contributed by atoms with Crippen LogP contribution in [0.3, 0.4) is 0 Å². The second-order valence-corrected chi connectivity index (χ2v) is 3.71. The fraction of sp³-hybridized carbons (Fsp3) is 0.600. The van der Waals surface area contributed by atoms with E-state index in [0.29, 0.717) is 5.92 Å². The predicted octanol–water partition coefficient (Wildman–Crippen LogP) is 3.62. The molecule has 2 unspecified atom stereocenters. The van der Waals surface area contributed by atoms with E-state index >= 15 is 0 Å². The molecule has 0 spiro atoms. The van der Waals surface area contributed by atoms with Gasteiger partial charge in [0.1, 0.15) is 0 Å². The first kappa shape index (κ1) is 9.43. The lowest BCUT2D eigenvalue weighted by Gasteiger charge is -2.24. The Balaban J connectivity index is 2.84. The molecule has 0 aliphatic heterocycles. The third kappa shape index (κ3) is 1.74. The summed E-state index contributed by atoms with van der Waals surface area (Å²) >= 11 is 0. The molecule has 0 nitrogen and oxygen atoms in total. The molecule has 12 heavy (non-hydrogen) atoms. The van der Waals surface area contributed by atoms with Crippen molar-refractivity contribution in [3.05, 3.63) is 23.8 Å². The summed E-state index contributed by atoms with van der Waals surface area (Å²) in [5.41, 5.74) is 0. The normalized spacial score (nSPS) is 30.2. The van der Waals surface area contributed by atoms with Crippen molar-refractivity contribution in [1.29, 1.82) is 0 Å². The molecule has 0 radical (unpaired) electrons. The van der Waals surface area contributed by atoms with Gasteiger partial charge in [-0.3, -0.25) is 0 Å². The van der Waals surface area contributed by atoms with Crippen molar-refractivity contribution in [2.24, 2.45) is 17.8 Å². The fourth-order valence-electron chi connectivity index (χ4n) is 1.62. The molecule has 0 N–H and O–H groups in total. The van der Waals surface area contributed by atoms with E-state index in [1.807, 2.05) is 20.8 Å². The van der Waals surface area contributed by atoms with Gasteiger partial charge in [0.05, 0.1) is 0 Å². The molecule has 1 aliphatic rings. The van der Waals surface area contributed by atoms with Crippen LogP contribution in [0.1, 0.15) is 20.8 Å². The zero-order valence-corrected chi connectivity index (χ0v) is 7.64. The Bertz CT molecular complexity index is 226. The summed E-state index contributed by atoms with van der Waals surface area (Å²) in [7, 11) is 0. The highest BCUT2D eigenvalue weighted by Gasteiger charge is 2.24. The van der Waals surface area contributed by atoms with Crippen LogP contribution >= 0.6 is 0 Å². The summed E-state index contributed by atoms with van der Waals surface area (Å²) in [5, 5.41) is 0. The van der Waals surface area contributed by atoms with Gasteiger partial charge in [0.15, 0.2) is 11.7 Å². The van der Waals surface area contributed by atoms with Gasteiger partial charge >= 0.3 is 0 Å². The van der Waals surface area contributed by atoms with E-state index in [9.17, 15) is 8.78 Å². The first-order chi connectivity index (χ1) is 5.52. The van der Waals surface area contributed by atoms with Crippen LogP contribution in [-0.4, -0.2) is 0 Å². The Morgan fingerprint density at radius 2 is 1.67 bits per heavy atom. The third-order valence-electron chi connectivity index (χ3n) is 2.35. The topological polar surface area (TPSA) is 0 Å². The van der Waals surface area contributed by atoms with Crippen LogP contribution in [0.25, 0.3) is 0 Å². The Kier molecular flexibility index (Phi) is 2.65. The zero-order chi connectivity index (χ0) is 9.30. The summed E-state index contributed by atoms with van der Waals surface area (Å²) in [4.78, 5) is 0. The molecule has 0 heterocycles. The highest BCUT2D eigenvalue weighted by atomic mass is 19.2. The minimum absolute atomic E-state index is 0.101. The Labute approximate surface area is 72.0 Å². The van der Waals surface area contributed by atoms with Gasteiger partial charge in [-0.05, 0) is 29.9 Å². The number of hydrogen-bond acceptors (Lipinski definition) is 0. The van der Waals surface area contributed by atoms with Crippen molar-refractivity contribution >= 4 is 0 Å². The lowest BCUT2D eigenvalue weighted by molar-refractivity contribution is 0.355. The highest BCUT2D eigenvalue weighted by Crippen LogP contribution is 2.33. The van der Waals surface area contributed by atoms with E-state index in [4.69, 9.17) is 0 Å². The van der Waals surface area contributed by atoms with E-state index in [0.717, 1.165) is 0 Å². The van der Waals surface area contributed by atoms with E-state index in [1.165, 1.54) is 12.2 Å². The summed E-state index contributed by atoms with van der Waals surface area (Å²) in [6.45, 7) is 5.94. The van der Waals surface area contributed by atoms with Gasteiger partial charge in [-0.15, -0.1) is 0 Å². The molecule has 0 saturated heterocycles. The molecule has 0 aromatic rings. The van der Waals surface area contributed by atoms with Crippen molar-refractivity contribution in [3.63, 3.8) is 0 Å². The number of rotatable bonds is 1. The Hall–Kier alpha value is -0.660. The van der Waals surface area contributed by atoms with Gasteiger partial charge < -0.3 is 0 Å². The van der Waals surface area contributed by atoms with Crippen molar-refractivity contribution in [3.8, 4) is 0 Å². The smallest absolute Gasteiger partial charge is 0.154 e. The molecular formula is C10H14F2. The quantitative estimate of drug-likeness (QED) is 0.566. The van der Waals surface area contributed by atoms with Crippen LogP contribution in [0.5, 0.6) is 0 Å². The molecule has 0 bridgehead atoms. The molecule has 0 aromatic carbocycles. The zero-order valence-electron chi connectivity index (χ0n) is 7.64. The van der Waals surface area contributed by atoms with E-state index in [2.05, 4.69) is 0 Å². The molecule has 0 amide bonds. The van der Waals surface area contributed by atoms with E-state index < -0.39 is 11.7 Å². The van der Waals surface area contributed by atoms with Crippen LogP contribution in [0.15, 0.2) is 23.8 Å². The predicted molar refractivity (Wildman–Crippen MR) is 45.9 cm³/mol. The summed E-state index contributed by atoms with van der Waals surface area (Å²) in [5.74, 6) is -0.824. The third-order valence-corrected chi connectivity index (χ3v) is 2.35. The van der Waals surface area contributed by atoms with Gasteiger partial charge in [-0.25, -0.2) is 8.78 Å². The van der Waals surface area contributed by atoms with Crippen LogP contribution in [0, 0.1) is 17.8 Å². The number of halogens is 2. The lowest BCUT2D eigenvalue weighted by Crippen LogP contribution is -2.17. The van der Waals surface area contributed by atoms with Crippen LogP contribution in [-0.2, 0) is 0 Å². The minimum Gasteiger partial charge on any atom is -0.204 e.